The molecule has 3 aromatic rings. The Labute approximate surface area is 79.4 Å². The van der Waals surface area contributed by atoms with E-state index in [0.29, 0.717) is 0 Å². The van der Waals surface area contributed by atoms with Gasteiger partial charge in [-0.15, -0.1) is 5.10 Å². The van der Waals surface area contributed by atoms with E-state index in [9.17, 15) is 0 Å². The molecule has 2 aromatic heterocycles. The summed E-state index contributed by atoms with van der Waals surface area (Å²) < 4.78 is 1.89. The van der Waals surface area contributed by atoms with E-state index in [2.05, 4.69) is 20.4 Å². The predicted molar refractivity (Wildman–Crippen MR) is 51.0 cm³/mol. The van der Waals surface area contributed by atoms with Gasteiger partial charge in [-0.25, -0.2) is 4.98 Å². The summed E-state index contributed by atoms with van der Waals surface area (Å²) in [4.78, 5) is 4.26. The maximum absolute atomic E-state index is 4.26. The number of aromatic amines is 1. The van der Waals surface area contributed by atoms with Gasteiger partial charge in [0.25, 0.3) is 0 Å². The second-order valence-electron chi connectivity index (χ2n) is 2.93. The SMILES string of the molecule is c1ccc2c(c1)ncn2-c1cn[nH]n1. The number of H-pyrrole nitrogens is 1. The maximum atomic E-state index is 4.26. The van der Waals surface area contributed by atoms with Crippen LogP contribution in [0.3, 0.4) is 0 Å². The zero-order chi connectivity index (χ0) is 9.38. The molecule has 0 aliphatic rings. The largest absolute Gasteiger partial charge is 0.280 e. The first-order valence-corrected chi connectivity index (χ1v) is 4.23. The highest BCUT2D eigenvalue weighted by atomic mass is 15.4. The second kappa shape index (κ2) is 2.66. The molecule has 0 saturated heterocycles. The monoisotopic (exact) mass is 185 g/mol. The molecule has 5 heteroatoms. The van der Waals surface area contributed by atoms with Crippen molar-refractivity contribution in [2.45, 2.75) is 0 Å². The second-order valence-corrected chi connectivity index (χ2v) is 2.93. The molecule has 68 valence electrons. The van der Waals surface area contributed by atoms with Crippen molar-refractivity contribution in [3.05, 3.63) is 36.8 Å². The molecule has 1 aromatic carbocycles. The number of rotatable bonds is 1. The van der Waals surface area contributed by atoms with Crippen LogP contribution in [0.15, 0.2) is 36.8 Å². The Morgan fingerprint density at radius 2 is 2.14 bits per heavy atom. The number of nitrogens with one attached hydrogen (secondary N) is 1. The Morgan fingerprint density at radius 1 is 1.21 bits per heavy atom. The molecule has 0 aliphatic heterocycles. The van der Waals surface area contributed by atoms with Gasteiger partial charge in [0, 0.05) is 0 Å². The van der Waals surface area contributed by atoms with E-state index in [-0.39, 0.29) is 0 Å². The summed E-state index contributed by atoms with van der Waals surface area (Å²) in [6, 6.07) is 7.89. The van der Waals surface area contributed by atoms with Crippen molar-refractivity contribution >= 4 is 11.0 Å². The van der Waals surface area contributed by atoms with Crippen molar-refractivity contribution in [1.82, 2.24) is 25.0 Å². The molecular formula is C9H7N5. The van der Waals surface area contributed by atoms with Gasteiger partial charge in [0.2, 0.25) is 0 Å². The van der Waals surface area contributed by atoms with Crippen molar-refractivity contribution in [3.8, 4) is 5.82 Å². The molecule has 14 heavy (non-hydrogen) atoms. The van der Waals surface area contributed by atoms with Gasteiger partial charge in [-0.2, -0.15) is 10.3 Å². The molecule has 2 heterocycles. The summed E-state index contributed by atoms with van der Waals surface area (Å²) in [7, 11) is 0. The van der Waals surface area contributed by atoms with Gasteiger partial charge in [-0.1, -0.05) is 12.1 Å². The number of hydrogen-bond acceptors (Lipinski definition) is 3. The lowest BCUT2D eigenvalue weighted by Gasteiger charge is -1.96. The zero-order valence-electron chi connectivity index (χ0n) is 7.25. The van der Waals surface area contributed by atoms with Gasteiger partial charge in [-0.3, -0.25) is 4.57 Å². The highest BCUT2D eigenvalue weighted by molar-refractivity contribution is 5.76. The summed E-state index contributed by atoms with van der Waals surface area (Å²) >= 11 is 0. The minimum absolute atomic E-state index is 0.749. The van der Waals surface area contributed by atoms with Crippen molar-refractivity contribution in [2.75, 3.05) is 0 Å². The van der Waals surface area contributed by atoms with E-state index >= 15 is 0 Å². The molecule has 3 rings (SSSR count). The average Bonchev–Trinajstić information content (AvgIpc) is 2.85. The van der Waals surface area contributed by atoms with Crippen molar-refractivity contribution in [3.63, 3.8) is 0 Å². The highest BCUT2D eigenvalue weighted by Crippen LogP contribution is 2.14. The molecule has 0 amide bonds. The van der Waals surface area contributed by atoms with Gasteiger partial charge in [0.05, 0.1) is 17.2 Å². The van der Waals surface area contributed by atoms with Gasteiger partial charge in [0.15, 0.2) is 5.82 Å². The first-order chi connectivity index (χ1) is 6.95. The van der Waals surface area contributed by atoms with Gasteiger partial charge in [-0.05, 0) is 12.1 Å². The zero-order valence-corrected chi connectivity index (χ0v) is 7.25. The molecule has 5 nitrogen and oxygen atoms in total. The van der Waals surface area contributed by atoms with E-state index in [1.54, 1.807) is 12.5 Å². The summed E-state index contributed by atoms with van der Waals surface area (Å²) in [5.74, 6) is 0.749. The quantitative estimate of drug-likeness (QED) is 0.618. The Balaban J connectivity index is 2.33. The Kier molecular flexibility index (Phi) is 1.38. The molecule has 0 fully saturated rings. The third-order valence-corrected chi connectivity index (χ3v) is 2.10. The van der Waals surface area contributed by atoms with E-state index < -0.39 is 0 Å². The normalized spacial score (nSPS) is 10.9. The lowest BCUT2D eigenvalue weighted by atomic mass is 10.3. The Morgan fingerprint density at radius 3 is 3.00 bits per heavy atom. The van der Waals surface area contributed by atoms with Crippen molar-refractivity contribution in [2.24, 2.45) is 0 Å². The molecule has 0 aliphatic carbocycles. The molecule has 0 unspecified atom stereocenters. The third kappa shape index (κ3) is 0.922. The smallest absolute Gasteiger partial charge is 0.180 e. The van der Waals surface area contributed by atoms with E-state index in [1.807, 2.05) is 28.8 Å². The van der Waals surface area contributed by atoms with Crippen LogP contribution in [-0.4, -0.2) is 25.0 Å². The fourth-order valence-electron chi connectivity index (χ4n) is 1.45. The van der Waals surface area contributed by atoms with Gasteiger partial charge < -0.3 is 0 Å². The fourth-order valence-corrected chi connectivity index (χ4v) is 1.45. The third-order valence-electron chi connectivity index (χ3n) is 2.10. The minimum Gasteiger partial charge on any atom is -0.280 e. The summed E-state index contributed by atoms with van der Waals surface area (Å²) in [5, 5.41) is 10.3. The molecule has 0 spiro atoms. The summed E-state index contributed by atoms with van der Waals surface area (Å²) in [6.07, 6.45) is 3.40. The molecule has 1 N–H and O–H groups in total. The van der Waals surface area contributed by atoms with Crippen LogP contribution in [0.4, 0.5) is 0 Å². The van der Waals surface area contributed by atoms with Crippen LogP contribution in [0.1, 0.15) is 0 Å². The maximum Gasteiger partial charge on any atom is 0.180 e. The predicted octanol–water partition coefficient (Wildman–Crippen LogP) is 1.14. The number of para-hydroxylation sites is 2. The fraction of sp³-hybridized carbons (Fsp3) is 0. The number of aromatic nitrogens is 5. The number of fused-ring (bicyclic) bond motifs is 1. The molecule has 0 radical (unpaired) electrons. The Hall–Kier alpha value is -2.17. The minimum atomic E-state index is 0.749. The van der Waals surface area contributed by atoms with E-state index in [4.69, 9.17) is 0 Å². The van der Waals surface area contributed by atoms with Crippen LogP contribution in [0.25, 0.3) is 16.9 Å². The van der Waals surface area contributed by atoms with Crippen LogP contribution < -0.4 is 0 Å². The molecular weight excluding hydrogens is 178 g/mol. The average molecular weight is 185 g/mol. The molecule has 0 saturated carbocycles. The summed E-state index contributed by atoms with van der Waals surface area (Å²) in [5.41, 5.74) is 1.98. The number of hydrogen-bond donors (Lipinski definition) is 1. The van der Waals surface area contributed by atoms with Crippen LogP contribution in [0.2, 0.25) is 0 Å². The van der Waals surface area contributed by atoms with Gasteiger partial charge in [0.1, 0.15) is 6.33 Å². The highest BCUT2D eigenvalue weighted by Gasteiger charge is 2.04. The molecule has 0 atom stereocenters. The first-order valence-electron chi connectivity index (χ1n) is 4.23. The van der Waals surface area contributed by atoms with Gasteiger partial charge >= 0.3 is 0 Å². The van der Waals surface area contributed by atoms with E-state index in [1.165, 1.54) is 0 Å². The van der Waals surface area contributed by atoms with Crippen LogP contribution in [-0.2, 0) is 0 Å². The molecule has 0 bridgehead atoms. The van der Waals surface area contributed by atoms with Crippen LogP contribution in [0, 0.1) is 0 Å². The lowest BCUT2D eigenvalue weighted by molar-refractivity contribution is 0.913. The summed E-state index contributed by atoms with van der Waals surface area (Å²) in [6.45, 7) is 0. The Bertz CT molecular complexity index is 551. The van der Waals surface area contributed by atoms with E-state index in [0.717, 1.165) is 16.9 Å². The first kappa shape index (κ1) is 7.25. The number of nitrogens with zero attached hydrogens (tertiary/aromatic N) is 4. The van der Waals surface area contributed by atoms with Crippen LogP contribution >= 0.6 is 0 Å². The van der Waals surface area contributed by atoms with Crippen molar-refractivity contribution in [1.29, 1.82) is 0 Å². The number of benzene rings is 1. The van der Waals surface area contributed by atoms with Crippen molar-refractivity contribution < 1.29 is 0 Å². The lowest BCUT2D eigenvalue weighted by Crippen LogP contribution is -1.91. The topological polar surface area (TPSA) is 59.4 Å². The number of imidazole rings is 1. The standard InChI is InChI=1S/C9H7N5/c1-2-4-8-7(3-1)10-6-14(8)9-5-11-13-12-9/h1-6H,(H,11,12,13). The van der Waals surface area contributed by atoms with Crippen LogP contribution in [0.5, 0.6) is 0 Å².